The van der Waals surface area contributed by atoms with E-state index in [2.05, 4.69) is 26.8 Å². The van der Waals surface area contributed by atoms with Crippen LogP contribution in [0.3, 0.4) is 0 Å². The predicted molar refractivity (Wildman–Crippen MR) is 119 cm³/mol. The first kappa shape index (κ1) is 21.7. The van der Waals surface area contributed by atoms with Crippen molar-refractivity contribution in [3.63, 3.8) is 0 Å². The minimum atomic E-state index is -0.484. The SMILES string of the molecule is C=CCOC(=O)c1sc(NC(=O)C(C)Sc2cc(-c3ccccc3)ncn2)nc1C. The number of hydrogen-bond donors (Lipinski definition) is 1. The van der Waals surface area contributed by atoms with Gasteiger partial charge in [0, 0.05) is 5.56 Å². The lowest BCUT2D eigenvalue weighted by Crippen LogP contribution is -2.22. The third-order valence-electron chi connectivity index (χ3n) is 3.92. The molecule has 154 valence electrons. The number of hydrogen-bond acceptors (Lipinski definition) is 8. The maximum atomic E-state index is 12.6. The molecule has 9 heteroatoms. The molecule has 1 atom stereocenters. The van der Waals surface area contributed by atoms with Crippen molar-refractivity contribution in [1.82, 2.24) is 15.0 Å². The van der Waals surface area contributed by atoms with E-state index in [4.69, 9.17) is 4.74 Å². The van der Waals surface area contributed by atoms with Gasteiger partial charge in [-0.3, -0.25) is 4.79 Å². The fourth-order valence-corrected chi connectivity index (χ4v) is 4.13. The van der Waals surface area contributed by atoms with Gasteiger partial charge in [-0.15, -0.1) is 0 Å². The topological polar surface area (TPSA) is 94.1 Å². The van der Waals surface area contributed by atoms with Gasteiger partial charge in [0.25, 0.3) is 0 Å². The summed E-state index contributed by atoms with van der Waals surface area (Å²) in [6.07, 6.45) is 2.98. The van der Waals surface area contributed by atoms with Crippen LogP contribution in [0.2, 0.25) is 0 Å². The number of aryl methyl sites for hydroxylation is 1. The van der Waals surface area contributed by atoms with Gasteiger partial charge in [-0.25, -0.2) is 19.7 Å². The van der Waals surface area contributed by atoms with Crippen LogP contribution in [0.4, 0.5) is 5.13 Å². The molecule has 0 aliphatic heterocycles. The Hall–Kier alpha value is -3.04. The zero-order chi connectivity index (χ0) is 21.5. The Labute approximate surface area is 182 Å². The third-order valence-corrected chi connectivity index (χ3v) is 6.01. The standard InChI is InChI=1S/C21H20N4O3S2/c1-4-10-28-20(27)18-13(2)24-21(30-18)25-19(26)14(3)29-17-11-16(22-12-23-17)15-8-6-5-7-9-15/h4-9,11-12,14H,1,10H2,2-3H3,(H,24,25,26). The zero-order valence-electron chi connectivity index (χ0n) is 16.5. The molecular formula is C21H20N4O3S2. The Morgan fingerprint density at radius 2 is 2.07 bits per heavy atom. The molecule has 0 saturated heterocycles. The number of thiazole rings is 1. The summed E-state index contributed by atoms with van der Waals surface area (Å²) in [5.41, 5.74) is 2.28. The number of rotatable bonds is 8. The second-order valence-corrected chi connectivity index (χ2v) is 8.54. The van der Waals surface area contributed by atoms with E-state index in [0.717, 1.165) is 22.6 Å². The van der Waals surface area contributed by atoms with Gasteiger partial charge in [0.05, 0.1) is 16.6 Å². The summed E-state index contributed by atoms with van der Waals surface area (Å²) in [5, 5.41) is 3.37. The van der Waals surface area contributed by atoms with Crippen molar-refractivity contribution >= 4 is 40.1 Å². The number of aromatic nitrogens is 3. The molecule has 0 aliphatic carbocycles. The Balaban J connectivity index is 1.64. The van der Waals surface area contributed by atoms with E-state index in [0.29, 0.717) is 20.7 Å². The maximum Gasteiger partial charge on any atom is 0.350 e. The highest BCUT2D eigenvalue weighted by molar-refractivity contribution is 8.00. The third kappa shape index (κ3) is 5.52. The lowest BCUT2D eigenvalue weighted by atomic mass is 10.1. The fourth-order valence-electron chi connectivity index (χ4n) is 2.45. The van der Waals surface area contributed by atoms with Crippen LogP contribution in [0, 0.1) is 6.92 Å². The van der Waals surface area contributed by atoms with Crippen molar-refractivity contribution < 1.29 is 14.3 Å². The van der Waals surface area contributed by atoms with E-state index < -0.39 is 11.2 Å². The zero-order valence-corrected chi connectivity index (χ0v) is 18.1. The summed E-state index contributed by atoms with van der Waals surface area (Å²) in [4.78, 5) is 37.8. The van der Waals surface area contributed by atoms with Crippen molar-refractivity contribution in [2.45, 2.75) is 24.1 Å². The van der Waals surface area contributed by atoms with Gasteiger partial charge in [-0.2, -0.15) is 0 Å². The minimum absolute atomic E-state index is 0.120. The molecule has 1 N–H and O–H groups in total. The highest BCUT2D eigenvalue weighted by atomic mass is 32.2. The number of nitrogens with zero attached hydrogens (tertiary/aromatic N) is 3. The van der Waals surface area contributed by atoms with Crippen LogP contribution in [-0.2, 0) is 9.53 Å². The molecule has 0 radical (unpaired) electrons. The van der Waals surface area contributed by atoms with Gasteiger partial charge in [0.2, 0.25) is 5.91 Å². The number of thioether (sulfide) groups is 1. The molecule has 1 aromatic carbocycles. The first-order valence-electron chi connectivity index (χ1n) is 9.08. The van der Waals surface area contributed by atoms with E-state index in [-0.39, 0.29) is 12.5 Å². The number of carbonyl (C=O) groups is 2. The number of benzene rings is 1. The molecule has 1 unspecified atom stereocenters. The molecule has 0 aliphatic rings. The van der Waals surface area contributed by atoms with Crippen LogP contribution in [0.25, 0.3) is 11.3 Å². The first-order chi connectivity index (χ1) is 14.5. The van der Waals surface area contributed by atoms with Crippen molar-refractivity contribution in [3.8, 4) is 11.3 Å². The van der Waals surface area contributed by atoms with Gasteiger partial charge >= 0.3 is 5.97 Å². The average Bonchev–Trinajstić information content (AvgIpc) is 3.12. The summed E-state index contributed by atoms with van der Waals surface area (Å²) in [7, 11) is 0. The fraction of sp³-hybridized carbons (Fsp3) is 0.190. The molecule has 3 aromatic rings. The number of amides is 1. The van der Waals surface area contributed by atoms with E-state index in [1.807, 2.05) is 36.4 Å². The molecule has 2 heterocycles. The highest BCUT2D eigenvalue weighted by Crippen LogP contribution is 2.27. The smallest absolute Gasteiger partial charge is 0.350 e. The van der Waals surface area contributed by atoms with Crippen LogP contribution in [0.5, 0.6) is 0 Å². The lowest BCUT2D eigenvalue weighted by Gasteiger charge is -2.10. The van der Waals surface area contributed by atoms with Crippen molar-refractivity contribution in [1.29, 1.82) is 0 Å². The molecule has 0 fully saturated rings. The summed E-state index contributed by atoms with van der Waals surface area (Å²) < 4.78 is 5.03. The van der Waals surface area contributed by atoms with Crippen LogP contribution >= 0.6 is 23.1 Å². The van der Waals surface area contributed by atoms with Gasteiger partial charge in [0.1, 0.15) is 22.8 Å². The minimum Gasteiger partial charge on any atom is -0.457 e. The Kier molecular flexibility index (Phi) is 7.31. The van der Waals surface area contributed by atoms with Crippen molar-refractivity contribution in [3.05, 3.63) is 66.0 Å². The summed E-state index contributed by atoms with van der Waals surface area (Å²) >= 11 is 2.40. The molecule has 2 aromatic heterocycles. The van der Waals surface area contributed by atoms with Gasteiger partial charge < -0.3 is 10.1 Å². The molecule has 0 bridgehead atoms. The lowest BCUT2D eigenvalue weighted by molar-refractivity contribution is -0.115. The van der Waals surface area contributed by atoms with Crippen LogP contribution in [0.1, 0.15) is 22.3 Å². The van der Waals surface area contributed by atoms with E-state index in [1.165, 1.54) is 24.2 Å². The van der Waals surface area contributed by atoms with E-state index >= 15 is 0 Å². The van der Waals surface area contributed by atoms with Gasteiger partial charge in [0.15, 0.2) is 5.13 Å². The normalized spacial score (nSPS) is 11.5. The van der Waals surface area contributed by atoms with E-state index in [9.17, 15) is 9.59 Å². The molecule has 0 saturated carbocycles. The molecule has 7 nitrogen and oxygen atoms in total. The Bertz CT molecular complexity index is 1050. The van der Waals surface area contributed by atoms with Crippen LogP contribution in [-0.4, -0.2) is 38.7 Å². The molecule has 0 spiro atoms. The quantitative estimate of drug-likeness (QED) is 0.240. The highest BCUT2D eigenvalue weighted by Gasteiger charge is 2.21. The van der Waals surface area contributed by atoms with Crippen LogP contribution < -0.4 is 5.32 Å². The number of ether oxygens (including phenoxy) is 1. The summed E-state index contributed by atoms with van der Waals surface area (Å²) in [6, 6.07) is 11.6. The number of carbonyl (C=O) groups excluding carboxylic acids is 2. The van der Waals surface area contributed by atoms with Gasteiger partial charge in [-0.05, 0) is 19.9 Å². The number of anilines is 1. The predicted octanol–water partition coefficient (Wildman–Crippen LogP) is 4.37. The molecule has 1 amide bonds. The van der Waals surface area contributed by atoms with E-state index in [1.54, 1.807) is 13.8 Å². The number of nitrogens with one attached hydrogen (secondary N) is 1. The maximum absolute atomic E-state index is 12.6. The molecule has 3 rings (SSSR count). The Morgan fingerprint density at radius 1 is 1.30 bits per heavy atom. The summed E-state index contributed by atoms with van der Waals surface area (Å²) in [6.45, 7) is 7.11. The second-order valence-electron chi connectivity index (χ2n) is 6.18. The second kappa shape index (κ2) is 10.1. The monoisotopic (exact) mass is 440 g/mol. The average molecular weight is 441 g/mol. The Morgan fingerprint density at radius 3 is 2.80 bits per heavy atom. The van der Waals surface area contributed by atoms with Crippen molar-refractivity contribution in [2.75, 3.05) is 11.9 Å². The molecule has 30 heavy (non-hydrogen) atoms. The molecular weight excluding hydrogens is 420 g/mol. The first-order valence-corrected chi connectivity index (χ1v) is 10.8. The summed E-state index contributed by atoms with van der Waals surface area (Å²) in [5.74, 6) is -0.720. The van der Waals surface area contributed by atoms with Gasteiger partial charge in [-0.1, -0.05) is 66.1 Å². The number of esters is 1. The largest absolute Gasteiger partial charge is 0.457 e. The van der Waals surface area contributed by atoms with Crippen molar-refractivity contribution in [2.24, 2.45) is 0 Å². The van der Waals surface area contributed by atoms with Crippen LogP contribution in [0.15, 0.2) is 60.4 Å².